The van der Waals surface area contributed by atoms with Crippen molar-refractivity contribution in [3.8, 4) is 0 Å². The third-order valence-electron chi connectivity index (χ3n) is 2.14. The quantitative estimate of drug-likeness (QED) is 0.573. The molecule has 17 heavy (non-hydrogen) atoms. The first-order valence-electron chi connectivity index (χ1n) is 5.30. The summed E-state index contributed by atoms with van der Waals surface area (Å²) in [5.41, 5.74) is 0. The highest BCUT2D eigenvalue weighted by Crippen LogP contribution is 1.97. The maximum atomic E-state index is 11.4. The van der Waals surface area contributed by atoms with Crippen LogP contribution in [0.1, 0.15) is 5.76 Å². The molecule has 0 bridgehead atoms. The lowest BCUT2D eigenvalue weighted by molar-refractivity contribution is -0.127. The van der Waals surface area contributed by atoms with Gasteiger partial charge in [0, 0.05) is 21.1 Å². The van der Waals surface area contributed by atoms with Gasteiger partial charge < -0.3 is 20.0 Å². The lowest BCUT2D eigenvalue weighted by atomic mass is 10.4. The smallest absolute Gasteiger partial charge is 0.241 e. The van der Waals surface area contributed by atoms with Gasteiger partial charge in [0.1, 0.15) is 5.76 Å². The van der Waals surface area contributed by atoms with E-state index in [9.17, 15) is 4.79 Å². The molecule has 0 radical (unpaired) electrons. The number of likely N-dealkylation sites (N-methyl/N-ethyl adjacent to an activating group) is 1. The van der Waals surface area contributed by atoms with Gasteiger partial charge in [-0.15, -0.1) is 0 Å². The zero-order valence-corrected chi connectivity index (χ0v) is 10.4. The van der Waals surface area contributed by atoms with Crippen molar-refractivity contribution in [1.82, 2.24) is 15.5 Å². The van der Waals surface area contributed by atoms with Crippen LogP contribution in [0.3, 0.4) is 0 Å². The maximum absolute atomic E-state index is 11.4. The molecule has 0 spiro atoms. The summed E-state index contributed by atoms with van der Waals surface area (Å²) in [6, 6.07) is 3.69. The van der Waals surface area contributed by atoms with E-state index in [0.29, 0.717) is 12.5 Å². The van der Waals surface area contributed by atoms with Crippen LogP contribution in [0.2, 0.25) is 0 Å². The average Bonchev–Trinajstić information content (AvgIpc) is 2.81. The predicted octanol–water partition coefficient (Wildman–Crippen LogP) is 0.0328. The highest BCUT2D eigenvalue weighted by molar-refractivity contribution is 5.86. The molecule has 0 aliphatic carbocycles. The number of carbonyl (C=O) groups is 1. The Balaban J connectivity index is 2.32. The summed E-state index contributed by atoms with van der Waals surface area (Å²) in [5, 5.41) is 5.96. The van der Waals surface area contributed by atoms with E-state index in [0.717, 1.165) is 5.76 Å². The van der Waals surface area contributed by atoms with Crippen LogP contribution in [0.25, 0.3) is 0 Å². The number of rotatable bonds is 4. The van der Waals surface area contributed by atoms with Gasteiger partial charge in [-0.1, -0.05) is 0 Å². The largest absolute Gasteiger partial charge is 0.467 e. The number of nitrogens with zero attached hydrogens (tertiary/aromatic N) is 2. The van der Waals surface area contributed by atoms with Gasteiger partial charge in [0.2, 0.25) is 5.91 Å². The molecule has 1 amide bonds. The van der Waals surface area contributed by atoms with Crippen LogP contribution in [0.4, 0.5) is 0 Å². The fourth-order valence-electron chi connectivity index (χ4n) is 1.12. The number of amides is 1. The minimum Gasteiger partial charge on any atom is -0.467 e. The first kappa shape index (κ1) is 13.1. The van der Waals surface area contributed by atoms with Crippen LogP contribution in [0.15, 0.2) is 27.8 Å². The standard InChI is InChI=1S/C11H18N4O2/c1-12-11(14-8-10(16)15(2)3)13-7-9-5-4-6-17-9/h4-6H,7-8H2,1-3H3,(H2,12,13,14). The Morgan fingerprint density at radius 2 is 2.24 bits per heavy atom. The van der Waals surface area contributed by atoms with E-state index in [1.807, 2.05) is 12.1 Å². The maximum Gasteiger partial charge on any atom is 0.241 e. The topological polar surface area (TPSA) is 69.9 Å². The van der Waals surface area contributed by atoms with Crippen molar-refractivity contribution in [1.29, 1.82) is 0 Å². The lowest BCUT2D eigenvalue weighted by Gasteiger charge is -2.13. The van der Waals surface area contributed by atoms with Gasteiger partial charge in [-0.25, -0.2) is 0 Å². The second-order valence-corrected chi connectivity index (χ2v) is 3.65. The van der Waals surface area contributed by atoms with E-state index >= 15 is 0 Å². The van der Waals surface area contributed by atoms with E-state index in [2.05, 4.69) is 15.6 Å². The molecule has 2 N–H and O–H groups in total. The molecule has 0 unspecified atom stereocenters. The van der Waals surface area contributed by atoms with Crippen molar-refractivity contribution in [2.24, 2.45) is 4.99 Å². The zero-order valence-electron chi connectivity index (χ0n) is 10.4. The fourth-order valence-corrected chi connectivity index (χ4v) is 1.12. The van der Waals surface area contributed by atoms with Crippen LogP contribution in [-0.4, -0.2) is 44.5 Å². The third kappa shape index (κ3) is 4.58. The molecule has 1 aromatic rings. The number of hydrogen-bond acceptors (Lipinski definition) is 3. The molecule has 94 valence electrons. The Labute approximate surface area is 101 Å². The van der Waals surface area contributed by atoms with Crippen molar-refractivity contribution >= 4 is 11.9 Å². The molecule has 0 aliphatic rings. The summed E-state index contributed by atoms with van der Waals surface area (Å²) in [4.78, 5) is 16.9. The molecule has 1 aromatic heterocycles. The number of guanidine groups is 1. The van der Waals surface area contributed by atoms with Crippen molar-refractivity contribution in [2.75, 3.05) is 27.7 Å². The van der Waals surface area contributed by atoms with Crippen LogP contribution in [-0.2, 0) is 11.3 Å². The van der Waals surface area contributed by atoms with E-state index in [-0.39, 0.29) is 12.5 Å². The van der Waals surface area contributed by atoms with Crippen molar-refractivity contribution in [3.63, 3.8) is 0 Å². The van der Waals surface area contributed by atoms with E-state index in [1.54, 1.807) is 27.4 Å². The number of nitrogens with one attached hydrogen (secondary N) is 2. The zero-order chi connectivity index (χ0) is 12.7. The van der Waals surface area contributed by atoms with E-state index in [1.165, 1.54) is 4.90 Å². The highest BCUT2D eigenvalue weighted by atomic mass is 16.3. The van der Waals surface area contributed by atoms with E-state index in [4.69, 9.17) is 4.42 Å². The Bertz CT molecular complexity index is 371. The fraction of sp³-hybridized carbons (Fsp3) is 0.455. The van der Waals surface area contributed by atoms with Crippen LogP contribution in [0.5, 0.6) is 0 Å². The highest BCUT2D eigenvalue weighted by Gasteiger charge is 2.05. The second-order valence-electron chi connectivity index (χ2n) is 3.65. The van der Waals surface area contributed by atoms with Crippen LogP contribution in [0, 0.1) is 0 Å². The van der Waals surface area contributed by atoms with Crippen LogP contribution >= 0.6 is 0 Å². The summed E-state index contributed by atoms with van der Waals surface area (Å²) in [6.07, 6.45) is 1.61. The van der Waals surface area contributed by atoms with E-state index < -0.39 is 0 Å². The monoisotopic (exact) mass is 238 g/mol. The molecule has 6 heteroatoms. The molecule has 0 aliphatic heterocycles. The van der Waals surface area contributed by atoms with Gasteiger partial charge >= 0.3 is 0 Å². The Kier molecular flexibility index (Phi) is 5.06. The average molecular weight is 238 g/mol. The summed E-state index contributed by atoms with van der Waals surface area (Å²) in [5.74, 6) is 1.37. The SMILES string of the molecule is CN=C(NCC(=O)N(C)C)NCc1ccco1. The Morgan fingerprint density at radius 3 is 2.76 bits per heavy atom. The van der Waals surface area contributed by atoms with Gasteiger partial charge in [0.25, 0.3) is 0 Å². The molecule has 0 saturated heterocycles. The summed E-state index contributed by atoms with van der Waals surface area (Å²) >= 11 is 0. The number of hydrogen-bond donors (Lipinski definition) is 2. The van der Waals surface area contributed by atoms with Crippen molar-refractivity contribution < 1.29 is 9.21 Å². The van der Waals surface area contributed by atoms with Gasteiger partial charge in [0.15, 0.2) is 5.96 Å². The predicted molar refractivity (Wildman–Crippen MR) is 65.6 cm³/mol. The third-order valence-corrected chi connectivity index (χ3v) is 2.14. The van der Waals surface area contributed by atoms with Crippen molar-refractivity contribution in [3.05, 3.63) is 24.2 Å². The molecule has 1 rings (SSSR count). The first-order chi connectivity index (χ1) is 8.13. The molecule has 0 fully saturated rings. The molecular formula is C11H18N4O2. The summed E-state index contributed by atoms with van der Waals surface area (Å²) in [6.45, 7) is 0.744. The minimum atomic E-state index is -0.00838. The molecule has 6 nitrogen and oxygen atoms in total. The Hall–Kier alpha value is -1.98. The molecule has 1 heterocycles. The van der Waals surface area contributed by atoms with Gasteiger partial charge in [-0.3, -0.25) is 9.79 Å². The molecule has 0 saturated carbocycles. The number of furan rings is 1. The lowest BCUT2D eigenvalue weighted by Crippen LogP contribution is -2.42. The molecule has 0 aromatic carbocycles. The summed E-state index contributed by atoms with van der Waals surface area (Å²) < 4.78 is 5.17. The number of carbonyl (C=O) groups excluding carboxylic acids is 1. The first-order valence-corrected chi connectivity index (χ1v) is 5.30. The van der Waals surface area contributed by atoms with Gasteiger partial charge in [0.05, 0.1) is 19.4 Å². The van der Waals surface area contributed by atoms with Gasteiger partial charge in [-0.2, -0.15) is 0 Å². The van der Waals surface area contributed by atoms with Gasteiger partial charge in [-0.05, 0) is 12.1 Å². The summed E-state index contributed by atoms with van der Waals surface area (Å²) in [7, 11) is 5.07. The van der Waals surface area contributed by atoms with Crippen LogP contribution < -0.4 is 10.6 Å². The minimum absolute atomic E-state index is 0.00838. The normalized spacial score (nSPS) is 11.1. The second kappa shape index (κ2) is 6.57. The van der Waals surface area contributed by atoms with Crippen molar-refractivity contribution in [2.45, 2.75) is 6.54 Å². The molecule has 0 atom stereocenters. The Morgan fingerprint density at radius 1 is 1.47 bits per heavy atom. The molecular weight excluding hydrogens is 220 g/mol. The number of aliphatic imine (C=N–C) groups is 1.